The number of benzene rings is 2. The minimum Gasteiger partial charge on any atom is -0.376 e. The molecular weight excluding hydrogens is 441 g/mol. The molecule has 0 radical (unpaired) electrons. The number of thiazole rings is 1. The summed E-state index contributed by atoms with van der Waals surface area (Å²) in [5.74, 6) is -1.08. The van der Waals surface area contributed by atoms with Crippen LogP contribution in [0, 0.1) is 11.7 Å². The number of hydrogen-bond donors (Lipinski definition) is 0. The van der Waals surface area contributed by atoms with Crippen molar-refractivity contribution in [3.63, 3.8) is 0 Å². The zero-order valence-electron chi connectivity index (χ0n) is 18.5. The Hall–Kier alpha value is -2.84. The van der Waals surface area contributed by atoms with Gasteiger partial charge in [-0.2, -0.15) is 0 Å². The Morgan fingerprint density at radius 3 is 2.82 bits per heavy atom. The van der Waals surface area contributed by atoms with Crippen molar-refractivity contribution in [1.29, 1.82) is 0 Å². The summed E-state index contributed by atoms with van der Waals surface area (Å²) in [7, 11) is 0. The lowest BCUT2D eigenvalue weighted by molar-refractivity contribution is -0.124. The molecule has 2 aliphatic heterocycles. The van der Waals surface area contributed by atoms with Crippen LogP contribution in [0.5, 0.6) is 0 Å². The lowest BCUT2D eigenvalue weighted by Crippen LogP contribution is -2.42. The molecule has 2 unspecified atom stereocenters. The lowest BCUT2D eigenvalue weighted by Gasteiger charge is -2.25. The Labute approximate surface area is 196 Å². The highest BCUT2D eigenvalue weighted by molar-refractivity contribution is 7.22. The lowest BCUT2D eigenvalue weighted by atomic mass is 10.1. The van der Waals surface area contributed by atoms with Crippen molar-refractivity contribution in [2.45, 2.75) is 38.7 Å². The number of para-hydroxylation sites is 1. The summed E-state index contributed by atoms with van der Waals surface area (Å²) in [5, 5.41) is 0.652. The van der Waals surface area contributed by atoms with Crippen LogP contribution < -0.4 is 9.80 Å². The number of carbonyl (C=O) groups excluding carboxylic acids is 2. The molecule has 8 heteroatoms. The van der Waals surface area contributed by atoms with Crippen molar-refractivity contribution in [2.75, 3.05) is 29.5 Å². The third kappa shape index (κ3) is 4.37. The van der Waals surface area contributed by atoms with E-state index in [2.05, 4.69) is 13.0 Å². The summed E-state index contributed by atoms with van der Waals surface area (Å²) in [6.45, 7) is 3.50. The molecule has 3 aromatic rings. The standard InChI is InChI=1S/C25H26FN3O3S/c1-2-16-5-3-7-21-23(16)27-25(33-21)29(15-20-6-4-12-32-20)24(31)17-13-22(30)28(14-17)19-10-8-18(26)9-11-19/h3,5,7-11,17,20H,2,4,6,12-15H2,1H3. The molecule has 2 fully saturated rings. The summed E-state index contributed by atoms with van der Waals surface area (Å²) in [4.78, 5) is 34.6. The van der Waals surface area contributed by atoms with E-state index in [0.717, 1.165) is 35.0 Å². The van der Waals surface area contributed by atoms with E-state index in [9.17, 15) is 14.0 Å². The van der Waals surface area contributed by atoms with Gasteiger partial charge in [-0.3, -0.25) is 14.5 Å². The third-order valence-electron chi connectivity index (χ3n) is 6.39. The van der Waals surface area contributed by atoms with Crippen LogP contribution >= 0.6 is 11.3 Å². The van der Waals surface area contributed by atoms with Crippen molar-refractivity contribution >= 4 is 44.2 Å². The van der Waals surface area contributed by atoms with Gasteiger partial charge in [-0.25, -0.2) is 9.37 Å². The molecule has 172 valence electrons. The summed E-state index contributed by atoms with van der Waals surface area (Å²) in [6.07, 6.45) is 2.84. The Morgan fingerprint density at radius 2 is 2.09 bits per heavy atom. The van der Waals surface area contributed by atoms with Gasteiger partial charge in [-0.05, 0) is 55.2 Å². The van der Waals surface area contributed by atoms with Gasteiger partial charge < -0.3 is 9.64 Å². The SMILES string of the molecule is CCc1cccc2sc(N(CC3CCCO3)C(=O)C3CC(=O)N(c4ccc(F)cc4)C3)nc12. The number of amides is 2. The number of nitrogens with zero attached hydrogens (tertiary/aromatic N) is 3. The highest BCUT2D eigenvalue weighted by Gasteiger charge is 2.39. The first kappa shape index (κ1) is 22.0. The summed E-state index contributed by atoms with van der Waals surface area (Å²) in [6, 6.07) is 11.9. The number of halogens is 1. The molecule has 0 bridgehead atoms. The largest absolute Gasteiger partial charge is 0.376 e. The highest BCUT2D eigenvalue weighted by atomic mass is 32.1. The van der Waals surface area contributed by atoms with Crippen LogP contribution in [0.2, 0.25) is 0 Å². The molecule has 1 aromatic heterocycles. The molecule has 2 aliphatic rings. The van der Waals surface area contributed by atoms with Crippen LogP contribution in [-0.2, 0) is 20.7 Å². The molecule has 0 saturated carbocycles. The number of aryl methyl sites for hydroxylation is 1. The highest BCUT2D eigenvalue weighted by Crippen LogP contribution is 2.34. The van der Waals surface area contributed by atoms with Crippen LogP contribution in [0.1, 0.15) is 31.7 Å². The number of fused-ring (bicyclic) bond motifs is 1. The summed E-state index contributed by atoms with van der Waals surface area (Å²) >= 11 is 1.50. The van der Waals surface area contributed by atoms with E-state index >= 15 is 0 Å². The number of rotatable bonds is 6. The van der Waals surface area contributed by atoms with Crippen LogP contribution in [0.4, 0.5) is 15.2 Å². The molecule has 33 heavy (non-hydrogen) atoms. The molecule has 2 atom stereocenters. The second-order valence-corrected chi connectivity index (χ2v) is 9.59. The summed E-state index contributed by atoms with van der Waals surface area (Å²) in [5.41, 5.74) is 2.69. The smallest absolute Gasteiger partial charge is 0.234 e. The second-order valence-electron chi connectivity index (χ2n) is 8.58. The zero-order valence-corrected chi connectivity index (χ0v) is 19.3. The minimum absolute atomic E-state index is 0.0306. The van der Waals surface area contributed by atoms with E-state index in [-0.39, 0.29) is 36.7 Å². The van der Waals surface area contributed by atoms with Gasteiger partial charge in [0.05, 0.1) is 28.8 Å². The third-order valence-corrected chi connectivity index (χ3v) is 7.44. The molecule has 2 amide bonds. The van der Waals surface area contributed by atoms with Gasteiger partial charge >= 0.3 is 0 Å². The molecule has 2 saturated heterocycles. The fourth-order valence-electron chi connectivity index (χ4n) is 4.61. The molecular formula is C25H26FN3O3S. The maximum atomic E-state index is 13.7. The topological polar surface area (TPSA) is 62.7 Å². The molecule has 3 heterocycles. The Kier molecular flexibility index (Phi) is 6.12. The number of ether oxygens (including phenoxy) is 1. The number of carbonyl (C=O) groups is 2. The normalized spacial score (nSPS) is 20.7. The van der Waals surface area contributed by atoms with Crippen molar-refractivity contribution in [3.8, 4) is 0 Å². The van der Waals surface area contributed by atoms with Crippen molar-refractivity contribution in [2.24, 2.45) is 5.92 Å². The predicted octanol–water partition coefficient (Wildman–Crippen LogP) is 4.56. The van der Waals surface area contributed by atoms with Crippen LogP contribution in [0.25, 0.3) is 10.2 Å². The van der Waals surface area contributed by atoms with Crippen LogP contribution in [-0.4, -0.2) is 42.6 Å². The van der Waals surface area contributed by atoms with Gasteiger partial charge in [-0.1, -0.05) is 30.4 Å². The Bertz CT molecular complexity index is 1170. The average molecular weight is 468 g/mol. The first-order valence-corrected chi connectivity index (χ1v) is 12.2. The Morgan fingerprint density at radius 1 is 1.27 bits per heavy atom. The minimum atomic E-state index is -0.485. The molecule has 0 N–H and O–H groups in total. The fraction of sp³-hybridized carbons (Fsp3) is 0.400. The monoisotopic (exact) mass is 467 g/mol. The molecule has 2 aromatic carbocycles. The number of aromatic nitrogens is 1. The first-order valence-electron chi connectivity index (χ1n) is 11.4. The van der Waals surface area contributed by atoms with Crippen molar-refractivity contribution < 1.29 is 18.7 Å². The van der Waals surface area contributed by atoms with Crippen molar-refractivity contribution in [1.82, 2.24) is 4.98 Å². The molecule has 6 nitrogen and oxygen atoms in total. The molecule has 0 spiro atoms. The second kappa shape index (κ2) is 9.19. The van der Waals surface area contributed by atoms with Crippen LogP contribution in [0.15, 0.2) is 42.5 Å². The Balaban J connectivity index is 1.43. The first-order chi connectivity index (χ1) is 16.0. The van der Waals surface area contributed by atoms with Gasteiger partial charge in [0.15, 0.2) is 5.13 Å². The van der Waals surface area contributed by atoms with Gasteiger partial charge in [0.25, 0.3) is 0 Å². The van der Waals surface area contributed by atoms with Gasteiger partial charge in [-0.15, -0.1) is 0 Å². The average Bonchev–Trinajstić information content (AvgIpc) is 3.57. The maximum absolute atomic E-state index is 13.7. The molecule has 5 rings (SSSR count). The quantitative estimate of drug-likeness (QED) is 0.533. The zero-order chi connectivity index (χ0) is 22.9. The summed E-state index contributed by atoms with van der Waals surface area (Å²) < 4.78 is 20.2. The molecule has 0 aliphatic carbocycles. The van der Waals surface area contributed by atoms with E-state index in [1.54, 1.807) is 21.9 Å². The van der Waals surface area contributed by atoms with E-state index in [0.29, 0.717) is 24.0 Å². The fourth-order valence-corrected chi connectivity index (χ4v) is 5.64. The van der Waals surface area contributed by atoms with E-state index in [1.165, 1.54) is 23.5 Å². The predicted molar refractivity (Wildman–Crippen MR) is 127 cm³/mol. The maximum Gasteiger partial charge on any atom is 0.234 e. The number of anilines is 2. The number of hydrogen-bond acceptors (Lipinski definition) is 5. The van der Waals surface area contributed by atoms with E-state index in [4.69, 9.17) is 9.72 Å². The van der Waals surface area contributed by atoms with E-state index < -0.39 is 5.92 Å². The van der Waals surface area contributed by atoms with Crippen LogP contribution in [0.3, 0.4) is 0 Å². The van der Waals surface area contributed by atoms with Gasteiger partial charge in [0.2, 0.25) is 11.8 Å². The van der Waals surface area contributed by atoms with Gasteiger partial charge in [0, 0.05) is 25.3 Å². The van der Waals surface area contributed by atoms with Crippen molar-refractivity contribution in [3.05, 3.63) is 53.8 Å². The van der Waals surface area contributed by atoms with E-state index in [1.807, 2.05) is 12.1 Å². The van der Waals surface area contributed by atoms with Gasteiger partial charge in [0.1, 0.15) is 5.82 Å².